The van der Waals surface area contributed by atoms with Gasteiger partial charge in [0.25, 0.3) is 10.0 Å². The van der Waals surface area contributed by atoms with Crippen LogP contribution in [0, 0.1) is 0 Å². The molecule has 2 aromatic rings. The number of rotatable bonds is 6. The summed E-state index contributed by atoms with van der Waals surface area (Å²) in [4.78, 5) is 11.9. The van der Waals surface area contributed by atoms with E-state index in [1.54, 1.807) is 17.5 Å². The third kappa shape index (κ3) is 3.69. The van der Waals surface area contributed by atoms with Gasteiger partial charge in [-0.2, -0.15) is 9.40 Å². The highest BCUT2D eigenvalue weighted by atomic mass is 32.2. The molecule has 0 fully saturated rings. The van der Waals surface area contributed by atoms with Gasteiger partial charge in [0.1, 0.15) is 4.21 Å². The summed E-state index contributed by atoms with van der Waals surface area (Å²) < 4.78 is 25.6. The lowest BCUT2D eigenvalue weighted by Gasteiger charge is -2.15. The molecule has 2 heterocycles. The standard InChI is InChI=1S/C12H16N4O3S2/c1-3-9-7-10(15-14-9)13-11(17)8-16(2)21(18,19)12-5-4-6-20-12/h4-7H,3,8H2,1-2H3,(H2,13,14,15,17). The number of H-pyrrole nitrogens is 1. The summed E-state index contributed by atoms with van der Waals surface area (Å²) in [6, 6.07) is 4.88. The molecule has 0 unspecified atom stereocenters. The molecule has 0 spiro atoms. The first kappa shape index (κ1) is 15.7. The van der Waals surface area contributed by atoms with Crippen molar-refractivity contribution in [1.29, 1.82) is 0 Å². The molecule has 0 saturated carbocycles. The monoisotopic (exact) mass is 328 g/mol. The van der Waals surface area contributed by atoms with Gasteiger partial charge < -0.3 is 5.32 Å². The van der Waals surface area contributed by atoms with Crippen LogP contribution in [0.4, 0.5) is 5.82 Å². The second-order valence-corrected chi connectivity index (χ2v) is 7.59. The zero-order valence-electron chi connectivity index (χ0n) is 11.7. The minimum Gasteiger partial charge on any atom is -0.308 e. The number of hydrogen-bond donors (Lipinski definition) is 2. The van der Waals surface area contributed by atoms with Crippen molar-refractivity contribution in [3.8, 4) is 0 Å². The molecule has 114 valence electrons. The van der Waals surface area contributed by atoms with Gasteiger partial charge in [0.05, 0.1) is 6.54 Å². The van der Waals surface area contributed by atoms with Crippen LogP contribution in [-0.4, -0.2) is 42.4 Å². The molecular formula is C12H16N4O3S2. The van der Waals surface area contributed by atoms with Gasteiger partial charge in [0, 0.05) is 18.8 Å². The van der Waals surface area contributed by atoms with Crippen molar-refractivity contribution in [1.82, 2.24) is 14.5 Å². The van der Waals surface area contributed by atoms with Gasteiger partial charge in [0.15, 0.2) is 5.82 Å². The van der Waals surface area contributed by atoms with Crippen LogP contribution in [0.15, 0.2) is 27.8 Å². The highest BCUT2D eigenvalue weighted by Gasteiger charge is 2.23. The van der Waals surface area contributed by atoms with Crippen molar-refractivity contribution in [2.45, 2.75) is 17.6 Å². The molecule has 0 radical (unpaired) electrons. The summed E-state index contributed by atoms with van der Waals surface area (Å²) >= 11 is 1.12. The number of carbonyl (C=O) groups excluding carboxylic acids is 1. The van der Waals surface area contributed by atoms with Crippen molar-refractivity contribution in [3.05, 3.63) is 29.3 Å². The maximum atomic E-state index is 12.2. The number of aryl methyl sites for hydroxylation is 1. The topological polar surface area (TPSA) is 95.2 Å². The molecule has 1 amide bonds. The first-order valence-corrected chi connectivity index (χ1v) is 8.59. The predicted molar refractivity (Wildman–Crippen MR) is 80.7 cm³/mol. The maximum absolute atomic E-state index is 12.2. The average molecular weight is 328 g/mol. The van der Waals surface area contributed by atoms with Crippen molar-refractivity contribution in [2.24, 2.45) is 0 Å². The Labute approximate surface area is 127 Å². The number of hydrogen-bond acceptors (Lipinski definition) is 5. The summed E-state index contributed by atoms with van der Waals surface area (Å²) in [5.41, 5.74) is 0.893. The summed E-state index contributed by atoms with van der Waals surface area (Å²) in [5, 5.41) is 10.9. The van der Waals surface area contributed by atoms with Crippen LogP contribution in [0.5, 0.6) is 0 Å². The first-order valence-electron chi connectivity index (χ1n) is 6.27. The number of aromatic amines is 1. The summed E-state index contributed by atoms with van der Waals surface area (Å²) in [6.45, 7) is 1.69. The molecule has 0 aliphatic carbocycles. The number of thiophene rings is 1. The van der Waals surface area contributed by atoms with Crippen molar-refractivity contribution in [3.63, 3.8) is 0 Å². The van der Waals surface area contributed by atoms with Gasteiger partial charge in [-0.1, -0.05) is 13.0 Å². The number of amides is 1. The molecule has 0 saturated heterocycles. The van der Waals surface area contributed by atoms with Crippen LogP contribution in [-0.2, 0) is 21.2 Å². The van der Waals surface area contributed by atoms with Crippen LogP contribution in [0.1, 0.15) is 12.6 Å². The summed E-state index contributed by atoms with van der Waals surface area (Å²) in [6.07, 6.45) is 0.773. The molecule has 0 atom stereocenters. The fraction of sp³-hybridized carbons (Fsp3) is 0.333. The Morgan fingerprint density at radius 3 is 2.86 bits per heavy atom. The highest BCUT2D eigenvalue weighted by molar-refractivity contribution is 7.91. The summed E-state index contributed by atoms with van der Waals surface area (Å²) in [5.74, 6) is -0.0504. The molecule has 7 nitrogen and oxygen atoms in total. The quantitative estimate of drug-likeness (QED) is 0.835. The average Bonchev–Trinajstić information content (AvgIpc) is 3.09. The third-order valence-electron chi connectivity index (χ3n) is 2.81. The van der Waals surface area contributed by atoms with Gasteiger partial charge in [0.2, 0.25) is 5.91 Å². The van der Waals surface area contributed by atoms with E-state index in [0.717, 1.165) is 27.8 Å². The lowest BCUT2D eigenvalue weighted by atomic mass is 10.3. The SMILES string of the molecule is CCc1cc(NC(=O)CN(C)S(=O)(=O)c2cccs2)n[nH]1. The lowest BCUT2D eigenvalue weighted by Crippen LogP contribution is -2.34. The van der Waals surface area contributed by atoms with Gasteiger partial charge in [-0.25, -0.2) is 8.42 Å². The zero-order chi connectivity index (χ0) is 15.5. The molecule has 2 aromatic heterocycles. The van der Waals surface area contributed by atoms with Crippen LogP contribution in [0.3, 0.4) is 0 Å². The third-order valence-corrected chi connectivity index (χ3v) is 5.98. The van der Waals surface area contributed by atoms with Gasteiger partial charge in [-0.3, -0.25) is 9.89 Å². The number of sulfonamides is 1. The van der Waals surface area contributed by atoms with Crippen LogP contribution in [0.25, 0.3) is 0 Å². The van der Waals surface area contributed by atoms with Crippen LogP contribution < -0.4 is 5.32 Å². The number of likely N-dealkylation sites (N-methyl/N-ethyl adjacent to an activating group) is 1. The molecule has 0 aliphatic heterocycles. The first-order chi connectivity index (χ1) is 9.93. The largest absolute Gasteiger partial charge is 0.308 e. The molecule has 2 N–H and O–H groups in total. The number of anilines is 1. The molecule has 21 heavy (non-hydrogen) atoms. The fourth-order valence-electron chi connectivity index (χ4n) is 1.64. The lowest BCUT2D eigenvalue weighted by molar-refractivity contribution is -0.116. The summed E-state index contributed by atoms with van der Waals surface area (Å²) in [7, 11) is -2.25. The second-order valence-electron chi connectivity index (χ2n) is 4.37. The van der Waals surface area contributed by atoms with Crippen LogP contribution >= 0.6 is 11.3 Å². The highest BCUT2D eigenvalue weighted by Crippen LogP contribution is 2.19. The smallest absolute Gasteiger partial charge is 0.252 e. The molecule has 0 aliphatic rings. The van der Waals surface area contributed by atoms with Crippen LogP contribution in [0.2, 0.25) is 0 Å². The van der Waals surface area contributed by atoms with E-state index in [2.05, 4.69) is 15.5 Å². The van der Waals surface area contributed by atoms with E-state index in [-0.39, 0.29) is 10.8 Å². The normalized spacial score (nSPS) is 11.8. The van der Waals surface area contributed by atoms with E-state index in [4.69, 9.17) is 0 Å². The minimum atomic E-state index is -3.62. The molecule has 0 aromatic carbocycles. The molecule has 2 rings (SSSR count). The Balaban J connectivity index is 1.99. The number of carbonyl (C=O) groups is 1. The molecule has 0 bridgehead atoms. The number of aromatic nitrogens is 2. The van der Waals surface area contributed by atoms with Crippen molar-refractivity contribution < 1.29 is 13.2 Å². The zero-order valence-corrected chi connectivity index (χ0v) is 13.3. The van der Waals surface area contributed by atoms with Crippen molar-refractivity contribution >= 4 is 33.1 Å². The molecule has 9 heteroatoms. The minimum absolute atomic E-state index is 0.214. The number of nitrogens with one attached hydrogen (secondary N) is 2. The Morgan fingerprint density at radius 1 is 1.52 bits per heavy atom. The van der Waals surface area contributed by atoms with E-state index < -0.39 is 15.9 Å². The van der Waals surface area contributed by atoms with Gasteiger partial charge >= 0.3 is 0 Å². The van der Waals surface area contributed by atoms with E-state index in [1.165, 1.54) is 13.1 Å². The predicted octanol–water partition coefficient (Wildman–Crippen LogP) is 1.29. The molecular weight excluding hydrogens is 312 g/mol. The van der Waals surface area contributed by atoms with Gasteiger partial charge in [-0.15, -0.1) is 11.3 Å². The van der Waals surface area contributed by atoms with Crippen molar-refractivity contribution in [2.75, 3.05) is 18.9 Å². The van der Waals surface area contributed by atoms with Gasteiger partial charge in [-0.05, 0) is 17.9 Å². The maximum Gasteiger partial charge on any atom is 0.252 e. The Bertz CT molecular complexity index is 707. The van der Waals surface area contributed by atoms with E-state index in [1.807, 2.05) is 6.92 Å². The van der Waals surface area contributed by atoms with E-state index >= 15 is 0 Å². The fourth-order valence-corrected chi connectivity index (χ4v) is 3.97. The Hall–Kier alpha value is -1.71. The number of nitrogens with zero attached hydrogens (tertiary/aromatic N) is 2. The Morgan fingerprint density at radius 2 is 2.29 bits per heavy atom. The Kier molecular flexibility index (Phi) is 4.76. The van der Waals surface area contributed by atoms with E-state index in [0.29, 0.717) is 5.82 Å². The second kappa shape index (κ2) is 6.37. The van der Waals surface area contributed by atoms with E-state index in [9.17, 15) is 13.2 Å².